The molecule has 1 unspecified atom stereocenters. The molecule has 1 aromatic heterocycles. The van der Waals surface area contributed by atoms with Gasteiger partial charge in [-0.15, -0.1) is 11.3 Å². The maximum atomic E-state index is 12.6. The van der Waals surface area contributed by atoms with Crippen LogP contribution in [0.25, 0.3) is 6.08 Å². The molecule has 1 aromatic rings. The van der Waals surface area contributed by atoms with Crippen LogP contribution in [-0.2, 0) is 14.3 Å². The van der Waals surface area contributed by atoms with Gasteiger partial charge in [0.25, 0.3) is 0 Å². The lowest BCUT2D eigenvalue weighted by Gasteiger charge is -2.25. The number of nitrogens with zero attached hydrogens (tertiary/aromatic N) is 1. The second-order valence-electron chi connectivity index (χ2n) is 9.22. The summed E-state index contributed by atoms with van der Waals surface area (Å²) in [6.07, 6.45) is 14.5. The van der Waals surface area contributed by atoms with Gasteiger partial charge in [-0.25, -0.2) is 4.98 Å². The Morgan fingerprint density at radius 3 is 2.77 bits per heavy atom. The fourth-order valence-corrected chi connectivity index (χ4v) is 4.47. The zero-order valence-corrected chi connectivity index (χ0v) is 19.1. The normalized spacial score (nSPS) is 29.3. The minimum atomic E-state index is -0.250. The lowest BCUT2D eigenvalue weighted by atomic mass is 9.82. The Morgan fingerprint density at radius 2 is 2.03 bits per heavy atom. The van der Waals surface area contributed by atoms with Gasteiger partial charge in [0.05, 0.1) is 22.9 Å². The summed E-state index contributed by atoms with van der Waals surface area (Å²) in [6, 6.07) is 0. The summed E-state index contributed by atoms with van der Waals surface area (Å²) in [5.74, 6) is -0.102. The molecule has 0 N–H and O–H groups in total. The predicted molar refractivity (Wildman–Crippen MR) is 126 cm³/mol. The van der Waals surface area contributed by atoms with E-state index in [4.69, 9.17) is 9.47 Å². The van der Waals surface area contributed by atoms with Gasteiger partial charge in [0.2, 0.25) is 0 Å². The number of aromatic nitrogens is 1. The van der Waals surface area contributed by atoms with E-state index < -0.39 is 0 Å². The molecule has 0 radical (unpaired) electrons. The highest BCUT2D eigenvalue weighted by Crippen LogP contribution is 2.34. The van der Waals surface area contributed by atoms with E-state index >= 15 is 0 Å². The van der Waals surface area contributed by atoms with Gasteiger partial charge in [0, 0.05) is 18.2 Å². The average Bonchev–Trinajstić information content (AvgIpc) is 3.27. The van der Waals surface area contributed by atoms with Gasteiger partial charge in [-0.2, -0.15) is 0 Å². The number of esters is 1. The van der Waals surface area contributed by atoms with Crippen LogP contribution in [-0.4, -0.2) is 29.3 Å². The van der Waals surface area contributed by atoms with Gasteiger partial charge in [0.1, 0.15) is 6.10 Å². The highest BCUT2D eigenvalue weighted by Gasteiger charge is 2.40. The Morgan fingerprint density at radius 1 is 1.23 bits per heavy atom. The van der Waals surface area contributed by atoms with E-state index in [1.54, 1.807) is 11.3 Å². The molecule has 0 saturated carbocycles. The smallest absolute Gasteiger partial charge is 0.306 e. The van der Waals surface area contributed by atoms with E-state index in [1.165, 1.54) is 12.8 Å². The average molecular weight is 434 g/mol. The van der Waals surface area contributed by atoms with Crippen LogP contribution in [0.15, 0.2) is 23.1 Å². The first kappa shape index (κ1) is 24.8. The van der Waals surface area contributed by atoms with Crippen LogP contribution < -0.4 is 0 Å². The van der Waals surface area contributed by atoms with Crippen molar-refractivity contribution >= 4 is 23.4 Å². The molecule has 1 fully saturated rings. The number of thiazole rings is 1. The molecule has 2 aliphatic heterocycles. The number of hydrogen-bond donors (Lipinski definition) is 0. The van der Waals surface area contributed by atoms with Crippen LogP contribution in [0, 0.1) is 12.3 Å². The minimum Gasteiger partial charge on any atom is -0.458 e. The van der Waals surface area contributed by atoms with Crippen molar-refractivity contribution in [2.45, 2.75) is 105 Å². The van der Waals surface area contributed by atoms with Crippen molar-refractivity contribution in [1.82, 2.24) is 4.98 Å². The SMILES string of the molecule is C.C/C(=C\c1csc(C)n1)[C@@H]1CC2O[C@@H]2C/C=C\CCCCC(C)(C)CCC(=O)O1. The number of cyclic esters (lactones) is 1. The van der Waals surface area contributed by atoms with Crippen LogP contribution in [0.4, 0.5) is 0 Å². The zero-order chi connectivity index (χ0) is 20.9. The summed E-state index contributed by atoms with van der Waals surface area (Å²) in [5.41, 5.74) is 2.14. The topological polar surface area (TPSA) is 51.7 Å². The monoisotopic (exact) mass is 433 g/mol. The highest BCUT2D eigenvalue weighted by atomic mass is 32.1. The molecule has 0 amide bonds. The van der Waals surface area contributed by atoms with Crippen LogP contribution in [0.3, 0.4) is 0 Å². The Bertz CT molecular complexity index is 749. The van der Waals surface area contributed by atoms with Gasteiger partial charge in [-0.05, 0) is 63.0 Å². The molecular formula is C25H39NO3S. The first-order valence-corrected chi connectivity index (χ1v) is 11.8. The number of carbonyl (C=O) groups is 1. The van der Waals surface area contributed by atoms with Crippen molar-refractivity contribution in [1.29, 1.82) is 0 Å². The lowest BCUT2D eigenvalue weighted by Crippen LogP contribution is -2.23. The second kappa shape index (κ2) is 11.2. The minimum absolute atomic E-state index is 0. The second-order valence-corrected chi connectivity index (χ2v) is 10.3. The van der Waals surface area contributed by atoms with Crippen molar-refractivity contribution < 1.29 is 14.3 Å². The number of rotatable bonds is 2. The van der Waals surface area contributed by atoms with Crippen LogP contribution >= 0.6 is 11.3 Å². The Labute approximate surface area is 186 Å². The summed E-state index contributed by atoms with van der Waals surface area (Å²) < 4.78 is 11.8. The third-order valence-corrected chi connectivity index (χ3v) is 6.73. The van der Waals surface area contributed by atoms with Crippen molar-refractivity contribution in [3.63, 3.8) is 0 Å². The molecule has 4 nitrogen and oxygen atoms in total. The Balaban J connectivity index is 0.00000320. The van der Waals surface area contributed by atoms with E-state index in [-0.39, 0.29) is 37.1 Å². The number of ether oxygens (including phenoxy) is 2. The van der Waals surface area contributed by atoms with Crippen LogP contribution in [0.5, 0.6) is 0 Å². The Kier molecular flexibility index (Phi) is 9.30. The number of carbonyl (C=O) groups excluding carboxylic acids is 1. The molecule has 1 saturated heterocycles. The summed E-state index contributed by atoms with van der Waals surface area (Å²) in [6.45, 7) is 8.55. The molecule has 5 heteroatoms. The third kappa shape index (κ3) is 7.99. The lowest BCUT2D eigenvalue weighted by molar-refractivity contribution is -0.148. The molecule has 30 heavy (non-hydrogen) atoms. The highest BCUT2D eigenvalue weighted by molar-refractivity contribution is 7.09. The molecule has 2 aliphatic rings. The van der Waals surface area contributed by atoms with Gasteiger partial charge in [0.15, 0.2) is 0 Å². The van der Waals surface area contributed by atoms with E-state index in [9.17, 15) is 4.79 Å². The van der Waals surface area contributed by atoms with Crippen LogP contribution in [0.2, 0.25) is 0 Å². The first-order chi connectivity index (χ1) is 13.8. The van der Waals surface area contributed by atoms with Gasteiger partial charge >= 0.3 is 5.97 Å². The predicted octanol–water partition coefficient (Wildman–Crippen LogP) is 6.89. The van der Waals surface area contributed by atoms with Gasteiger partial charge in [-0.3, -0.25) is 4.79 Å². The summed E-state index contributed by atoms with van der Waals surface area (Å²) in [5, 5.41) is 3.08. The van der Waals surface area contributed by atoms with Crippen molar-refractivity contribution in [2.75, 3.05) is 0 Å². The molecule has 3 atom stereocenters. The zero-order valence-electron chi connectivity index (χ0n) is 18.3. The number of aryl methyl sites for hydroxylation is 1. The molecule has 3 rings (SSSR count). The molecule has 0 aromatic carbocycles. The largest absolute Gasteiger partial charge is 0.458 e. The third-order valence-electron chi connectivity index (χ3n) is 5.94. The number of allylic oxidation sites excluding steroid dienone is 1. The van der Waals surface area contributed by atoms with Gasteiger partial charge in [-0.1, -0.05) is 39.8 Å². The van der Waals surface area contributed by atoms with Gasteiger partial charge < -0.3 is 9.47 Å². The summed E-state index contributed by atoms with van der Waals surface area (Å²) in [4.78, 5) is 17.2. The van der Waals surface area contributed by atoms with E-state index in [1.807, 2.05) is 25.3 Å². The maximum absolute atomic E-state index is 12.6. The fourth-order valence-electron chi connectivity index (χ4n) is 3.90. The van der Waals surface area contributed by atoms with E-state index in [2.05, 4.69) is 31.0 Å². The van der Waals surface area contributed by atoms with Crippen molar-refractivity contribution in [2.24, 2.45) is 5.41 Å². The molecular weight excluding hydrogens is 394 g/mol. The molecule has 0 bridgehead atoms. The first-order valence-electron chi connectivity index (χ1n) is 10.9. The fraction of sp³-hybridized carbons (Fsp3) is 0.680. The molecule has 168 valence electrons. The number of fused-ring (bicyclic) bond motifs is 1. The number of epoxide rings is 1. The molecule has 0 aliphatic carbocycles. The maximum Gasteiger partial charge on any atom is 0.306 e. The van der Waals surface area contributed by atoms with E-state index in [0.717, 1.165) is 48.4 Å². The number of hydrogen-bond acceptors (Lipinski definition) is 5. The standard InChI is InChI=1S/C24H35NO3S.CH4/c1-17(14-19-16-29-18(2)25-19)21-15-22-20(27-22)10-8-6-5-7-9-12-24(3,4)13-11-23(26)28-21;/h6,8,14,16,20-22H,5,7,9-13,15H2,1-4H3;1H4/b8-6-,17-14+;/t20-,21+,22?;/m1./s1. The quantitative estimate of drug-likeness (QED) is 0.289. The molecule has 0 spiro atoms. The van der Waals surface area contributed by atoms with Crippen molar-refractivity contribution in [3.05, 3.63) is 33.8 Å². The summed E-state index contributed by atoms with van der Waals surface area (Å²) in [7, 11) is 0. The van der Waals surface area contributed by atoms with Crippen molar-refractivity contribution in [3.8, 4) is 0 Å². The van der Waals surface area contributed by atoms with Crippen LogP contribution in [0.1, 0.15) is 90.3 Å². The van der Waals surface area contributed by atoms with E-state index in [0.29, 0.717) is 6.42 Å². The Hall–Kier alpha value is -1.46. The molecule has 3 heterocycles. The summed E-state index contributed by atoms with van der Waals surface area (Å²) >= 11 is 1.63.